The summed E-state index contributed by atoms with van der Waals surface area (Å²) in [7, 11) is 0. The molecule has 0 atom stereocenters. The molecule has 3 N–H and O–H groups in total. The molecule has 0 saturated carbocycles. The van der Waals surface area contributed by atoms with Gasteiger partial charge in [-0.15, -0.1) is 5.53 Å². The molecule has 0 radical (unpaired) electrons. The predicted octanol–water partition coefficient (Wildman–Crippen LogP) is 1.70. The lowest BCUT2D eigenvalue weighted by Crippen LogP contribution is -2.35. The lowest BCUT2D eigenvalue weighted by molar-refractivity contribution is 0.487. The van der Waals surface area contributed by atoms with E-state index in [9.17, 15) is 4.39 Å². The number of halogens is 1. The smallest absolute Gasteiger partial charge is 0.150 e. The van der Waals surface area contributed by atoms with Crippen molar-refractivity contribution in [2.75, 3.05) is 17.0 Å². The molecule has 0 saturated heterocycles. The molecule has 6 heteroatoms. The van der Waals surface area contributed by atoms with Gasteiger partial charge >= 0.3 is 0 Å². The molecule has 80 valence electrons. The molecule has 0 unspecified atom stereocenters. The van der Waals surface area contributed by atoms with Gasteiger partial charge in [-0.25, -0.2) is 8.80 Å². The van der Waals surface area contributed by atoms with Gasteiger partial charge in [0.2, 0.25) is 0 Å². The van der Waals surface area contributed by atoms with Crippen molar-refractivity contribution in [2.24, 2.45) is 0 Å². The minimum Gasteiger partial charge on any atom is -0.399 e. The third-order valence-corrected chi connectivity index (χ3v) is 2.58. The van der Waals surface area contributed by atoms with Crippen molar-refractivity contribution in [1.82, 2.24) is 9.95 Å². The first kappa shape index (κ1) is 10.1. The maximum atomic E-state index is 13.5. The molecule has 0 aromatic heterocycles. The summed E-state index contributed by atoms with van der Waals surface area (Å²) in [6, 6.07) is 4.59. The molecule has 4 nitrogen and oxygen atoms in total. The lowest BCUT2D eigenvalue weighted by Gasteiger charge is -2.20. The Labute approximate surface area is 91.6 Å². The Morgan fingerprint density at radius 2 is 2.20 bits per heavy atom. The summed E-state index contributed by atoms with van der Waals surface area (Å²) in [5, 5.41) is 1.59. The highest BCUT2D eigenvalue weighted by atomic mass is 32.2. The first-order chi connectivity index (χ1) is 7.20. The van der Waals surface area contributed by atoms with Crippen LogP contribution in [0.5, 0.6) is 0 Å². The normalized spacial score (nSPS) is 15.1. The molecule has 0 amide bonds. The number of nitrogens with one attached hydrogen (secondary N) is 1. The number of hydrazine groups is 2. The van der Waals surface area contributed by atoms with E-state index in [-0.39, 0.29) is 5.82 Å². The molecule has 0 aliphatic carbocycles. The fourth-order valence-corrected chi connectivity index (χ4v) is 1.60. The van der Waals surface area contributed by atoms with Gasteiger partial charge in [-0.2, -0.15) is 0 Å². The molecule has 1 aromatic carbocycles. The molecule has 1 aliphatic heterocycles. The van der Waals surface area contributed by atoms with Crippen LogP contribution in [0.2, 0.25) is 0 Å². The number of rotatable bonds is 2. The van der Waals surface area contributed by atoms with Crippen LogP contribution >= 0.6 is 11.9 Å². The lowest BCUT2D eigenvalue weighted by atomic mass is 10.2. The number of nitrogen functional groups attached to an aromatic ring is 1. The van der Waals surface area contributed by atoms with Gasteiger partial charge in [0.05, 0.1) is 5.69 Å². The summed E-state index contributed by atoms with van der Waals surface area (Å²) < 4.78 is 15.3. The van der Waals surface area contributed by atoms with Gasteiger partial charge in [-0.05, 0) is 30.1 Å². The first-order valence-electron chi connectivity index (χ1n) is 4.33. The quantitative estimate of drug-likeness (QED) is 0.593. The SMILES string of the molecule is CSN1C=CN(c2ccc(N)cc2F)N1. The zero-order valence-corrected chi connectivity index (χ0v) is 8.96. The average molecular weight is 226 g/mol. The second-order valence-corrected chi connectivity index (χ2v) is 3.75. The Hall–Kier alpha value is -1.40. The van der Waals surface area contributed by atoms with Crippen LogP contribution in [0.25, 0.3) is 0 Å². The van der Waals surface area contributed by atoms with Crippen LogP contribution in [0.1, 0.15) is 0 Å². The highest BCUT2D eigenvalue weighted by Crippen LogP contribution is 2.23. The van der Waals surface area contributed by atoms with Crippen molar-refractivity contribution in [2.45, 2.75) is 0 Å². The summed E-state index contributed by atoms with van der Waals surface area (Å²) in [5.74, 6) is -0.352. The van der Waals surface area contributed by atoms with Crippen LogP contribution in [0.3, 0.4) is 0 Å². The van der Waals surface area contributed by atoms with E-state index in [1.807, 2.05) is 6.26 Å². The largest absolute Gasteiger partial charge is 0.399 e. The van der Waals surface area contributed by atoms with Gasteiger partial charge in [0.1, 0.15) is 5.82 Å². The second-order valence-electron chi connectivity index (χ2n) is 2.99. The van der Waals surface area contributed by atoms with Crippen molar-refractivity contribution >= 4 is 23.3 Å². The maximum absolute atomic E-state index is 13.5. The fourth-order valence-electron chi connectivity index (χ4n) is 1.25. The number of anilines is 2. The zero-order valence-electron chi connectivity index (χ0n) is 8.14. The van der Waals surface area contributed by atoms with Gasteiger partial charge in [0.25, 0.3) is 0 Å². The summed E-state index contributed by atoms with van der Waals surface area (Å²) in [4.78, 5) is 0. The Balaban J connectivity index is 2.21. The van der Waals surface area contributed by atoms with E-state index in [2.05, 4.69) is 5.53 Å². The van der Waals surface area contributed by atoms with Crippen molar-refractivity contribution in [1.29, 1.82) is 0 Å². The minimum atomic E-state index is -0.352. The third kappa shape index (κ3) is 2.00. The second kappa shape index (κ2) is 4.00. The summed E-state index contributed by atoms with van der Waals surface area (Å²) in [6.07, 6.45) is 5.46. The van der Waals surface area contributed by atoms with Gasteiger partial charge in [0, 0.05) is 24.3 Å². The van der Waals surface area contributed by atoms with Crippen molar-refractivity contribution in [3.05, 3.63) is 36.4 Å². The van der Waals surface area contributed by atoms with Gasteiger partial charge < -0.3 is 5.73 Å². The number of hydrogen-bond acceptors (Lipinski definition) is 5. The van der Waals surface area contributed by atoms with Crippen LogP contribution in [0.4, 0.5) is 15.8 Å². The summed E-state index contributed by atoms with van der Waals surface area (Å²) >= 11 is 1.49. The Morgan fingerprint density at radius 1 is 1.40 bits per heavy atom. The zero-order chi connectivity index (χ0) is 10.8. The number of nitrogens with zero attached hydrogens (tertiary/aromatic N) is 2. The molecule has 0 spiro atoms. The molecule has 1 heterocycles. The van der Waals surface area contributed by atoms with Gasteiger partial charge in [0.15, 0.2) is 0 Å². The van der Waals surface area contributed by atoms with Crippen LogP contribution in [0.15, 0.2) is 30.6 Å². The Bertz CT molecular complexity index is 396. The van der Waals surface area contributed by atoms with E-state index in [4.69, 9.17) is 5.73 Å². The van der Waals surface area contributed by atoms with Crippen molar-refractivity contribution in [3.63, 3.8) is 0 Å². The van der Waals surface area contributed by atoms with Crippen LogP contribution in [-0.2, 0) is 0 Å². The topological polar surface area (TPSA) is 44.5 Å². The van der Waals surface area contributed by atoms with Gasteiger partial charge in [-0.3, -0.25) is 5.01 Å². The van der Waals surface area contributed by atoms with Crippen LogP contribution < -0.4 is 16.3 Å². The molecule has 0 bridgehead atoms. The molecule has 1 aromatic rings. The molecular weight excluding hydrogens is 215 g/mol. The monoisotopic (exact) mass is 226 g/mol. The molecule has 1 aliphatic rings. The van der Waals surface area contributed by atoms with Crippen molar-refractivity contribution in [3.8, 4) is 0 Å². The molecular formula is C9H11FN4S. The van der Waals surface area contributed by atoms with E-state index < -0.39 is 0 Å². The van der Waals surface area contributed by atoms with E-state index in [0.29, 0.717) is 11.4 Å². The molecule has 15 heavy (non-hydrogen) atoms. The number of nitrogens with two attached hydrogens (primary N) is 1. The Morgan fingerprint density at radius 3 is 2.80 bits per heavy atom. The summed E-state index contributed by atoms with van der Waals surface area (Å²) in [5.41, 5.74) is 9.28. The third-order valence-electron chi connectivity index (χ3n) is 1.99. The molecule has 0 fully saturated rings. The van der Waals surface area contributed by atoms with E-state index in [1.165, 1.54) is 18.0 Å². The fraction of sp³-hybridized carbons (Fsp3) is 0.111. The number of hydrogen-bond donors (Lipinski definition) is 2. The van der Waals surface area contributed by atoms with E-state index in [0.717, 1.165) is 0 Å². The van der Waals surface area contributed by atoms with E-state index >= 15 is 0 Å². The standard InChI is InChI=1S/C9H11FN4S/c1-15-14-5-4-13(12-14)9-3-2-7(11)6-8(9)10/h2-6,12H,11H2,1H3. The van der Waals surface area contributed by atoms with Crippen molar-refractivity contribution < 1.29 is 4.39 Å². The van der Waals surface area contributed by atoms with Crippen LogP contribution in [0, 0.1) is 5.82 Å². The number of benzene rings is 1. The van der Waals surface area contributed by atoms with Crippen LogP contribution in [-0.4, -0.2) is 10.7 Å². The Kier molecular flexibility index (Phi) is 2.70. The highest BCUT2D eigenvalue weighted by Gasteiger charge is 2.15. The van der Waals surface area contributed by atoms with E-state index in [1.54, 1.807) is 34.0 Å². The highest BCUT2D eigenvalue weighted by molar-refractivity contribution is 7.96. The predicted molar refractivity (Wildman–Crippen MR) is 60.9 cm³/mol. The minimum absolute atomic E-state index is 0.352. The maximum Gasteiger partial charge on any atom is 0.150 e. The average Bonchev–Trinajstić information content (AvgIpc) is 2.66. The first-order valence-corrected chi connectivity index (χ1v) is 5.51. The summed E-state index contributed by atoms with van der Waals surface area (Å²) in [6.45, 7) is 0. The van der Waals surface area contributed by atoms with Gasteiger partial charge in [-0.1, -0.05) is 0 Å². The molecule has 2 rings (SSSR count).